The molecule has 1 aromatic carbocycles. The molecule has 1 aliphatic carbocycles. The van der Waals surface area contributed by atoms with Gasteiger partial charge in [-0.2, -0.15) is 0 Å². The number of sulfonamides is 1. The van der Waals surface area contributed by atoms with Gasteiger partial charge in [-0.15, -0.1) is 0 Å². The van der Waals surface area contributed by atoms with Crippen LogP contribution in [0.4, 0.5) is 0 Å². The van der Waals surface area contributed by atoms with Crippen LogP contribution in [0.5, 0.6) is 0 Å². The molecule has 5 nitrogen and oxygen atoms in total. The van der Waals surface area contributed by atoms with Crippen LogP contribution in [0.3, 0.4) is 0 Å². The molecule has 1 saturated carbocycles. The molecule has 0 spiro atoms. The van der Waals surface area contributed by atoms with Gasteiger partial charge < -0.3 is 9.47 Å². The topological polar surface area (TPSA) is 64.6 Å². The number of rotatable bonds is 3. The SMILES string of the molecule is O=S(=O)(NC1CCC2OCCOC2C1)c1cc(Cl)ccc1Cl. The zero-order valence-corrected chi connectivity index (χ0v) is 14.1. The predicted molar refractivity (Wildman–Crippen MR) is 83.9 cm³/mol. The maximum Gasteiger partial charge on any atom is 0.242 e. The second-order valence-electron chi connectivity index (χ2n) is 5.52. The Balaban J connectivity index is 1.73. The highest BCUT2D eigenvalue weighted by molar-refractivity contribution is 7.89. The summed E-state index contributed by atoms with van der Waals surface area (Å²) in [5.41, 5.74) is 0. The third-order valence-corrected chi connectivity index (χ3v) is 6.22. The average molecular weight is 366 g/mol. The van der Waals surface area contributed by atoms with Gasteiger partial charge in [-0.1, -0.05) is 23.2 Å². The first-order valence-electron chi connectivity index (χ1n) is 7.16. The van der Waals surface area contributed by atoms with Crippen LogP contribution in [-0.4, -0.2) is 39.9 Å². The summed E-state index contributed by atoms with van der Waals surface area (Å²) in [6, 6.07) is 4.20. The summed E-state index contributed by atoms with van der Waals surface area (Å²) < 4.78 is 39.0. The van der Waals surface area contributed by atoms with Crippen LogP contribution in [0.15, 0.2) is 23.1 Å². The molecule has 8 heteroatoms. The van der Waals surface area contributed by atoms with Gasteiger partial charge in [-0.05, 0) is 37.5 Å². The summed E-state index contributed by atoms with van der Waals surface area (Å²) in [6.07, 6.45) is 2.11. The summed E-state index contributed by atoms with van der Waals surface area (Å²) in [5.74, 6) is 0. The van der Waals surface area contributed by atoms with Gasteiger partial charge in [0.25, 0.3) is 0 Å². The van der Waals surface area contributed by atoms with Gasteiger partial charge in [0.2, 0.25) is 10.0 Å². The van der Waals surface area contributed by atoms with E-state index in [4.69, 9.17) is 32.7 Å². The number of hydrogen-bond donors (Lipinski definition) is 1. The lowest BCUT2D eigenvalue weighted by Gasteiger charge is -2.38. The smallest absolute Gasteiger partial charge is 0.242 e. The lowest BCUT2D eigenvalue weighted by molar-refractivity contribution is -0.156. The van der Waals surface area contributed by atoms with Crippen molar-refractivity contribution in [2.75, 3.05) is 13.2 Å². The molecule has 3 atom stereocenters. The minimum atomic E-state index is -3.71. The van der Waals surface area contributed by atoms with E-state index in [9.17, 15) is 8.42 Å². The third kappa shape index (κ3) is 3.58. The molecule has 1 aromatic rings. The highest BCUT2D eigenvalue weighted by Gasteiger charge is 2.36. The second-order valence-corrected chi connectivity index (χ2v) is 8.05. The predicted octanol–water partition coefficient (Wildman–Crippen LogP) is 2.61. The fourth-order valence-electron chi connectivity index (χ4n) is 2.94. The molecule has 0 radical (unpaired) electrons. The first kappa shape index (κ1) is 16.5. The Bertz CT molecular complexity index is 652. The van der Waals surface area contributed by atoms with Gasteiger partial charge >= 0.3 is 0 Å². The highest BCUT2D eigenvalue weighted by Crippen LogP contribution is 2.29. The van der Waals surface area contributed by atoms with Crippen LogP contribution in [0.25, 0.3) is 0 Å². The minimum absolute atomic E-state index is 0.00426. The monoisotopic (exact) mass is 365 g/mol. The molecule has 122 valence electrons. The molecular weight excluding hydrogens is 349 g/mol. The highest BCUT2D eigenvalue weighted by atomic mass is 35.5. The lowest BCUT2D eigenvalue weighted by Crippen LogP contribution is -2.49. The van der Waals surface area contributed by atoms with Crippen LogP contribution < -0.4 is 4.72 Å². The summed E-state index contributed by atoms with van der Waals surface area (Å²) in [7, 11) is -3.71. The van der Waals surface area contributed by atoms with Crippen LogP contribution >= 0.6 is 23.2 Å². The van der Waals surface area contributed by atoms with Gasteiger partial charge in [0.15, 0.2) is 0 Å². The molecule has 3 rings (SSSR count). The van der Waals surface area contributed by atoms with E-state index in [1.165, 1.54) is 12.1 Å². The van der Waals surface area contributed by atoms with E-state index in [-0.39, 0.29) is 28.2 Å². The molecule has 1 heterocycles. The van der Waals surface area contributed by atoms with Crippen LogP contribution in [-0.2, 0) is 19.5 Å². The van der Waals surface area contributed by atoms with E-state index in [1.807, 2.05) is 0 Å². The molecule has 0 bridgehead atoms. The van der Waals surface area contributed by atoms with E-state index in [0.29, 0.717) is 31.1 Å². The fourth-order valence-corrected chi connectivity index (χ4v) is 4.99. The Labute approximate surface area is 139 Å². The van der Waals surface area contributed by atoms with Crippen LogP contribution in [0.2, 0.25) is 10.0 Å². The number of fused-ring (bicyclic) bond motifs is 1. The summed E-state index contributed by atoms with van der Waals surface area (Å²) in [5, 5.41) is 0.486. The molecular formula is C14H17Cl2NO4S. The van der Waals surface area contributed by atoms with E-state index >= 15 is 0 Å². The molecule has 0 aromatic heterocycles. The molecule has 2 aliphatic rings. The summed E-state index contributed by atoms with van der Waals surface area (Å²) in [6.45, 7) is 1.16. The fraction of sp³-hybridized carbons (Fsp3) is 0.571. The molecule has 22 heavy (non-hydrogen) atoms. The number of nitrogens with one attached hydrogen (secondary N) is 1. The molecule has 1 N–H and O–H groups in total. The Morgan fingerprint density at radius 3 is 2.59 bits per heavy atom. The molecule has 1 saturated heterocycles. The normalized spacial score (nSPS) is 29.1. The number of halogens is 2. The van der Waals surface area contributed by atoms with Crippen molar-refractivity contribution in [3.63, 3.8) is 0 Å². The van der Waals surface area contributed by atoms with Gasteiger partial charge in [-0.25, -0.2) is 13.1 Å². The van der Waals surface area contributed by atoms with E-state index in [2.05, 4.69) is 4.72 Å². The Morgan fingerprint density at radius 2 is 1.82 bits per heavy atom. The van der Waals surface area contributed by atoms with E-state index in [0.717, 1.165) is 6.42 Å². The van der Waals surface area contributed by atoms with Crippen molar-refractivity contribution in [2.45, 2.75) is 42.4 Å². The van der Waals surface area contributed by atoms with Crippen LogP contribution in [0.1, 0.15) is 19.3 Å². The van der Waals surface area contributed by atoms with Crippen molar-refractivity contribution in [3.05, 3.63) is 28.2 Å². The van der Waals surface area contributed by atoms with Gasteiger partial charge in [0.05, 0.1) is 30.4 Å². The molecule has 3 unspecified atom stereocenters. The average Bonchev–Trinajstić information content (AvgIpc) is 2.49. The zero-order chi connectivity index (χ0) is 15.7. The van der Waals surface area contributed by atoms with Gasteiger partial charge in [-0.3, -0.25) is 0 Å². The lowest BCUT2D eigenvalue weighted by atomic mass is 9.90. The van der Waals surface area contributed by atoms with Crippen molar-refractivity contribution in [2.24, 2.45) is 0 Å². The van der Waals surface area contributed by atoms with Crippen molar-refractivity contribution >= 4 is 33.2 Å². The van der Waals surface area contributed by atoms with Crippen molar-refractivity contribution in [1.29, 1.82) is 0 Å². The minimum Gasteiger partial charge on any atom is -0.373 e. The summed E-state index contributed by atoms with van der Waals surface area (Å²) in [4.78, 5) is 0.00426. The Kier molecular flexibility index (Phi) is 4.97. The first-order chi connectivity index (χ1) is 10.5. The summed E-state index contributed by atoms with van der Waals surface area (Å²) >= 11 is 11.9. The van der Waals surface area contributed by atoms with E-state index < -0.39 is 10.0 Å². The molecule has 2 fully saturated rings. The quantitative estimate of drug-likeness (QED) is 0.893. The Hall–Kier alpha value is -0.370. The first-order valence-corrected chi connectivity index (χ1v) is 9.40. The number of benzene rings is 1. The van der Waals surface area contributed by atoms with Crippen molar-refractivity contribution in [1.82, 2.24) is 4.72 Å². The second kappa shape index (κ2) is 6.63. The number of ether oxygens (including phenoxy) is 2. The molecule has 0 amide bonds. The third-order valence-electron chi connectivity index (χ3n) is 3.98. The molecule has 1 aliphatic heterocycles. The van der Waals surface area contributed by atoms with Crippen LogP contribution in [0, 0.1) is 0 Å². The van der Waals surface area contributed by atoms with Crippen molar-refractivity contribution < 1.29 is 17.9 Å². The van der Waals surface area contributed by atoms with Crippen molar-refractivity contribution in [3.8, 4) is 0 Å². The van der Waals surface area contributed by atoms with E-state index in [1.54, 1.807) is 6.07 Å². The van der Waals surface area contributed by atoms with Gasteiger partial charge in [0.1, 0.15) is 4.90 Å². The Morgan fingerprint density at radius 1 is 1.09 bits per heavy atom. The maximum atomic E-state index is 12.5. The van der Waals surface area contributed by atoms with Gasteiger partial charge in [0, 0.05) is 11.1 Å². The standard InChI is InChI=1S/C14H17Cl2NO4S/c15-9-1-3-11(16)14(7-9)22(18,19)17-10-2-4-12-13(8-10)21-6-5-20-12/h1,3,7,10,12-13,17H,2,4-6,8H2. The zero-order valence-electron chi connectivity index (χ0n) is 11.8. The maximum absolute atomic E-state index is 12.5. The largest absolute Gasteiger partial charge is 0.373 e. The number of hydrogen-bond acceptors (Lipinski definition) is 4.